The Bertz CT molecular complexity index is 1420. The number of halogens is 2. The fraction of sp³-hybridized carbons (Fsp3) is 0.240. The van der Waals surface area contributed by atoms with Crippen molar-refractivity contribution in [1.29, 1.82) is 0 Å². The van der Waals surface area contributed by atoms with E-state index in [0.717, 1.165) is 45.3 Å². The number of imidazole rings is 2. The first-order chi connectivity index (χ1) is 16.0. The van der Waals surface area contributed by atoms with Gasteiger partial charge < -0.3 is 9.72 Å². The van der Waals surface area contributed by atoms with Crippen molar-refractivity contribution in [2.24, 2.45) is 0 Å². The maximum Gasteiger partial charge on any atom is 0.177 e. The summed E-state index contributed by atoms with van der Waals surface area (Å²) in [5.41, 5.74) is 6.01. The lowest BCUT2D eigenvalue weighted by molar-refractivity contribution is 0.340. The third-order valence-corrected chi connectivity index (χ3v) is 5.63. The van der Waals surface area contributed by atoms with Crippen LogP contribution >= 0.6 is 23.2 Å². The zero-order chi connectivity index (χ0) is 23.5. The number of nitrogens with one attached hydrogen (secondary N) is 1. The van der Waals surface area contributed by atoms with E-state index in [1.807, 2.05) is 74.7 Å². The Morgan fingerprint density at radius 2 is 1.82 bits per heavy atom. The molecule has 0 amide bonds. The summed E-state index contributed by atoms with van der Waals surface area (Å²) in [6.07, 6.45) is 2.57. The van der Waals surface area contributed by atoms with Gasteiger partial charge in [-0.3, -0.25) is 4.40 Å². The van der Waals surface area contributed by atoms with E-state index in [2.05, 4.69) is 15.0 Å². The maximum atomic E-state index is 6.54. The summed E-state index contributed by atoms with van der Waals surface area (Å²) in [6, 6.07) is 13.5. The van der Waals surface area contributed by atoms with Crippen molar-refractivity contribution in [3.63, 3.8) is 0 Å². The monoisotopic (exact) mass is 481 g/mol. The van der Waals surface area contributed by atoms with Crippen LogP contribution < -0.4 is 4.74 Å². The quantitative estimate of drug-likeness (QED) is 0.296. The Morgan fingerprint density at radius 3 is 2.61 bits per heavy atom. The summed E-state index contributed by atoms with van der Waals surface area (Å²) >= 11 is 12.8. The van der Waals surface area contributed by atoms with E-state index in [9.17, 15) is 0 Å². The Labute approximate surface area is 202 Å². The Hall–Kier alpha value is -3.09. The average molecular weight is 482 g/mol. The van der Waals surface area contributed by atoms with Gasteiger partial charge in [0.25, 0.3) is 0 Å². The van der Waals surface area contributed by atoms with Crippen LogP contribution in [0, 0.1) is 6.92 Å². The number of aryl methyl sites for hydroxylation is 1. The van der Waals surface area contributed by atoms with Crippen molar-refractivity contribution < 1.29 is 4.74 Å². The Kier molecular flexibility index (Phi) is 6.86. The van der Waals surface area contributed by atoms with Crippen molar-refractivity contribution in [3.8, 4) is 17.0 Å². The van der Waals surface area contributed by atoms with E-state index in [1.54, 1.807) is 6.07 Å². The van der Waals surface area contributed by atoms with Gasteiger partial charge in [-0.15, -0.1) is 0 Å². The second-order valence-electron chi connectivity index (χ2n) is 7.25. The van der Waals surface area contributed by atoms with Crippen LogP contribution in [0.4, 0.5) is 0 Å². The smallest absolute Gasteiger partial charge is 0.177 e. The van der Waals surface area contributed by atoms with Gasteiger partial charge in [-0.2, -0.15) is 0 Å². The zero-order valence-electron chi connectivity index (χ0n) is 19.0. The second kappa shape index (κ2) is 9.81. The van der Waals surface area contributed by atoms with Gasteiger partial charge in [-0.1, -0.05) is 43.1 Å². The predicted octanol–water partition coefficient (Wildman–Crippen LogP) is 6.90. The van der Waals surface area contributed by atoms with Crippen LogP contribution in [0.1, 0.15) is 38.0 Å². The molecule has 0 atom stereocenters. The average Bonchev–Trinajstić information content (AvgIpc) is 3.39. The van der Waals surface area contributed by atoms with Crippen LogP contribution in [0.5, 0.6) is 5.75 Å². The van der Waals surface area contributed by atoms with Crippen LogP contribution in [0.15, 0.2) is 48.7 Å². The molecule has 0 bridgehead atoms. The van der Waals surface area contributed by atoms with E-state index in [1.165, 1.54) is 0 Å². The molecule has 1 aromatic carbocycles. The molecular formula is C25H25Cl2N5O. The lowest BCUT2D eigenvalue weighted by atomic mass is 10.1. The molecule has 0 aliphatic rings. The number of nitrogens with zero attached hydrogens (tertiary/aromatic N) is 4. The molecule has 4 heterocycles. The minimum atomic E-state index is 0.489. The molecule has 33 heavy (non-hydrogen) atoms. The van der Waals surface area contributed by atoms with Gasteiger partial charge >= 0.3 is 0 Å². The summed E-state index contributed by atoms with van der Waals surface area (Å²) in [4.78, 5) is 17.2. The summed E-state index contributed by atoms with van der Waals surface area (Å²) in [6.45, 7) is 8.39. The summed E-state index contributed by atoms with van der Waals surface area (Å²) in [7, 11) is 0. The summed E-state index contributed by atoms with van der Waals surface area (Å²) < 4.78 is 7.67. The van der Waals surface area contributed by atoms with Crippen molar-refractivity contribution in [1.82, 2.24) is 24.3 Å². The van der Waals surface area contributed by atoms with Crippen LogP contribution in [-0.4, -0.2) is 30.9 Å². The van der Waals surface area contributed by atoms with Crippen molar-refractivity contribution in [2.45, 2.75) is 34.1 Å². The van der Waals surface area contributed by atoms with E-state index in [4.69, 9.17) is 32.9 Å². The fourth-order valence-electron chi connectivity index (χ4n) is 3.65. The highest BCUT2D eigenvalue weighted by Crippen LogP contribution is 2.37. The van der Waals surface area contributed by atoms with E-state index in [0.29, 0.717) is 28.8 Å². The van der Waals surface area contributed by atoms with Crippen LogP contribution in [0.2, 0.25) is 10.0 Å². The first kappa shape index (κ1) is 23.1. The summed E-state index contributed by atoms with van der Waals surface area (Å²) in [5, 5.41) is 1.04. The van der Waals surface area contributed by atoms with Crippen LogP contribution in [-0.2, 0) is 6.42 Å². The van der Waals surface area contributed by atoms with E-state index >= 15 is 0 Å². The van der Waals surface area contributed by atoms with Crippen molar-refractivity contribution in [2.75, 3.05) is 6.61 Å². The SMILES string of the molecule is CC.CCOc1cc(-c2cccc3nc(Cc4nc5nc(C)ccc5[nH]4)cn23)c(Cl)cc1Cl. The number of ether oxygens (including phenoxy) is 1. The molecule has 0 aliphatic heterocycles. The molecule has 170 valence electrons. The minimum Gasteiger partial charge on any atom is -0.492 e. The van der Waals surface area contributed by atoms with Gasteiger partial charge in [0.05, 0.1) is 33.6 Å². The number of hydrogen-bond acceptors (Lipinski definition) is 4. The molecule has 5 rings (SSSR count). The van der Waals surface area contributed by atoms with Crippen molar-refractivity contribution >= 4 is 40.0 Å². The van der Waals surface area contributed by atoms with Crippen molar-refractivity contribution in [3.05, 3.63) is 75.9 Å². The maximum absolute atomic E-state index is 6.54. The van der Waals surface area contributed by atoms with E-state index < -0.39 is 0 Å². The number of aromatic nitrogens is 5. The molecule has 5 aromatic rings. The van der Waals surface area contributed by atoms with Gasteiger partial charge in [0, 0.05) is 23.9 Å². The first-order valence-electron chi connectivity index (χ1n) is 10.9. The number of fused-ring (bicyclic) bond motifs is 2. The fourth-order valence-corrected chi connectivity index (χ4v) is 4.18. The lowest BCUT2D eigenvalue weighted by Gasteiger charge is -2.12. The minimum absolute atomic E-state index is 0.489. The molecule has 6 nitrogen and oxygen atoms in total. The molecule has 0 saturated carbocycles. The van der Waals surface area contributed by atoms with Gasteiger partial charge in [0.15, 0.2) is 5.65 Å². The normalized spacial score (nSPS) is 11.0. The van der Waals surface area contributed by atoms with Gasteiger partial charge in [0.2, 0.25) is 0 Å². The van der Waals surface area contributed by atoms with Gasteiger partial charge in [-0.25, -0.2) is 15.0 Å². The van der Waals surface area contributed by atoms with E-state index in [-0.39, 0.29) is 0 Å². The van der Waals surface area contributed by atoms with Gasteiger partial charge in [-0.05, 0) is 50.2 Å². The highest BCUT2D eigenvalue weighted by Gasteiger charge is 2.15. The standard InChI is InChI=1S/C23H19Cl2N5O.C2H6/c1-3-31-20-10-15(16(24)11-17(20)25)19-5-4-6-22-27-14(12-30(19)22)9-21-28-18-8-7-13(2)26-23(18)29-21;1-2/h4-8,10-12H,3,9H2,1-2H3,(H,26,28,29);1-2H3. The molecule has 1 N–H and O–H groups in total. The zero-order valence-corrected chi connectivity index (χ0v) is 20.5. The van der Waals surface area contributed by atoms with Crippen LogP contribution in [0.25, 0.3) is 28.1 Å². The second-order valence-corrected chi connectivity index (χ2v) is 8.07. The third kappa shape index (κ3) is 4.68. The molecule has 0 radical (unpaired) electrons. The van der Waals surface area contributed by atoms with Gasteiger partial charge in [0.1, 0.15) is 17.2 Å². The third-order valence-electron chi connectivity index (χ3n) is 5.02. The number of H-pyrrole nitrogens is 1. The first-order valence-corrected chi connectivity index (χ1v) is 11.7. The number of rotatable bonds is 5. The summed E-state index contributed by atoms with van der Waals surface area (Å²) in [5.74, 6) is 1.42. The number of benzene rings is 1. The molecule has 0 saturated heterocycles. The molecule has 4 aromatic heterocycles. The largest absolute Gasteiger partial charge is 0.492 e. The number of hydrogen-bond donors (Lipinski definition) is 1. The molecule has 0 spiro atoms. The topological polar surface area (TPSA) is 68.1 Å². The predicted molar refractivity (Wildman–Crippen MR) is 135 cm³/mol. The highest BCUT2D eigenvalue weighted by molar-refractivity contribution is 6.37. The molecule has 0 unspecified atom stereocenters. The highest BCUT2D eigenvalue weighted by atomic mass is 35.5. The van der Waals surface area contributed by atoms with Crippen LogP contribution in [0.3, 0.4) is 0 Å². The number of pyridine rings is 2. The number of aromatic amines is 1. The molecular weight excluding hydrogens is 457 g/mol. The molecule has 0 aliphatic carbocycles. The molecule has 0 fully saturated rings. The Morgan fingerprint density at radius 1 is 1.00 bits per heavy atom. The Balaban J connectivity index is 0.00000126. The molecule has 8 heteroatoms. The lowest BCUT2D eigenvalue weighted by Crippen LogP contribution is -1.96.